The van der Waals surface area contributed by atoms with Gasteiger partial charge in [0, 0.05) is 31.5 Å². The van der Waals surface area contributed by atoms with E-state index in [2.05, 4.69) is 40.9 Å². The van der Waals surface area contributed by atoms with Crippen molar-refractivity contribution in [2.75, 3.05) is 50.7 Å². The van der Waals surface area contributed by atoms with Crippen molar-refractivity contribution in [1.82, 2.24) is 0 Å². The molecule has 1 N–H and O–H groups in total. The topological polar surface area (TPSA) is 211 Å². The molecule has 0 aromatic heterocycles. The Morgan fingerprint density at radius 2 is 1.52 bits per heavy atom. The molecular formula is C22H26N4Na2O13S3. The van der Waals surface area contributed by atoms with Gasteiger partial charge in [-0.2, -0.15) is 0 Å². The zero-order chi connectivity index (χ0) is 31.0. The zero-order valence-electron chi connectivity index (χ0n) is 24.4. The fourth-order valence-electron chi connectivity index (χ4n) is 3.25. The predicted octanol–water partition coefficient (Wildman–Crippen LogP) is -3.58. The van der Waals surface area contributed by atoms with Crippen molar-refractivity contribution in [1.29, 1.82) is 0 Å². The summed E-state index contributed by atoms with van der Waals surface area (Å²) in [5.74, 6) is 0.104. The Morgan fingerprint density at radius 3 is 2.02 bits per heavy atom. The smallest absolute Gasteiger partial charge is 0.691 e. The summed E-state index contributed by atoms with van der Waals surface area (Å²) in [6.07, 6.45) is 0. The fraction of sp³-hybridized carbons (Fsp3) is 0.318. The average Bonchev–Trinajstić information content (AvgIpc) is 2.98. The molecule has 0 bridgehead atoms. The Labute approximate surface area is 306 Å². The first-order valence-corrected chi connectivity index (χ1v) is 14.3. The third kappa shape index (κ3) is 14.2. The van der Waals surface area contributed by atoms with E-state index in [0.29, 0.717) is 30.3 Å². The van der Waals surface area contributed by atoms with Gasteiger partial charge < -0.3 is 30.2 Å². The first-order valence-electron chi connectivity index (χ1n) is 11.4. The van der Waals surface area contributed by atoms with Crippen LogP contribution in [0.25, 0.3) is 0 Å². The van der Waals surface area contributed by atoms with Gasteiger partial charge >= 0.3 is 59.1 Å². The number of methoxy groups -OCH3 is 2. The molecule has 2 aromatic rings. The predicted molar refractivity (Wildman–Crippen MR) is 145 cm³/mol. The maximum absolute atomic E-state index is 12.3. The molecule has 232 valence electrons. The summed E-state index contributed by atoms with van der Waals surface area (Å²) < 4.78 is 53.7. The number of ether oxygens (including phenoxy) is 2. The van der Waals surface area contributed by atoms with Crippen molar-refractivity contribution in [2.45, 2.75) is 11.8 Å². The minimum absolute atomic E-state index is 0. The number of carbonyl (C=O) groups excluding carboxylic acids is 1. The minimum Gasteiger partial charge on any atom is -0.691 e. The molecular weight excluding hydrogens is 670 g/mol. The van der Waals surface area contributed by atoms with Gasteiger partial charge in [0.15, 0.2) is 34.5 Å². The van der Waals surface area contributed by atoms with E-state index in [4.69, 9.17) is 17.8 Å². The Morgan fingerprint density at radius 1 is 0.955 bits per heavy atom. The van der Waals surface area contributed by atoms with Crippen LogP contribution in [-0.2, 0) is 41.7 Å². The maximum Gasteiger partial charge on any atom is 1.00 e. The minimum atomic E-state index is -3.76. The number of carbonyl (C=O) groups is 1. The second-order valence-corrected chi connectivity index (χ2v) is 10.4. The normalized spacial score (nSPS) is 10.9. The number of amides is 1. The van der Waals surface area contributed by atoms with Crippen LogP contribution in [0.5, 0.6) is 11.5 Å². The van der Waals surface area contributed by atoms with Gasteiger partial charge in [0.25, 0.3) is 0 Å². The van der Waals surface area contributed by atoms with Crippen LogP contribution in [0.4, 0.5) is 22.7 Å². The number of azo groups is 1. The summed E-state index contributed by atoms with van der Waals surface area (Å²) in [5.41, 5.74) is 0.917. The van der Waals surface area contributed by atoms with Gasteiger partial charge in [0.2, 0.25) is 5.91 Å². The molecule has 0 aliphatic carbocycles. The Hall–Kier alpha value is -1.02. The number of anilines is 2. The van der Waals surface area contributed by atoms with Crippen LogP contribution in [0.1, 0.15) is 6.92 Å². The average molecular weight is 697 g/mol. The molecule has 0 atom stereocenters. The van der Waals surface area contributed by atoms with E-state index in [9.17, 15) is 23.7 Å². The molecule has 0 saturated carbocycles. The van der Waals surface area contributed by atoms with Crippen molar-refractivity contribution in [2.24, 2.45) is 10.2 Å². The number of rotatable bonds is 20. The summed E-state index contributed by atoms with van der Waals surface area (Å²) in [5, 5.41) is 38.2. The summed E-state index contributed by atoms with van der Waals surface area (Å²) >= 11 is 0.647. The summed E-state index contributed by atoms with van der Waals surface area (Å²) in [7, 11) is -0.977. The van der Waals surface area contributed by atoms with E-state index in [-0.39, 0.29) is 119 Å². The van der Waals surface area contributed by atoms with E-state index < -0.39 is 15.7 Å². The monoisotopic (exact) mass is 696 g/mol. The van der Waals surface area contributed by atoms with E-state index in [1.807, 2.05) is 0 Å². The van der Waals surface area contributed by atoms with Gasteiger partial charge in [-0.15, -0.1) is 18.9 Å². The summed E-state index contributed by atoms with van der Waals surface area (Å²) in [6, 6.07) is 7.07. The van der Waals surface area contributed by atoms with Crippen LogP contribution in [0.3, 0.4) is 0 Å². The van der Waals surface area contributed by atoms with Crippen LogP contribution < -0.4 is 89.3 Å². The van der Waals surface area contributed by atoms with E-state index in [1.54, 1.807) is 11.0 Å². The molecule has 0 fully saturated rings. The van der Waals surface area contributed by atoms with Crippen LogP contribution in [-0.4, -0.2) is 54.8 Å². The molecule has 0 unspecified atom stereocenters. The van der Waals surface area contributed by atoms with Gasteiger partial charge in [0.05, 0.1) is 43.7 Å². The van der Waals surface area contributed by atoms with Crippen molar-refractivity contribution in [3.05, 3.63) is 42.3 Å². The second-order valence-electron chi connectivity index (χ2n) is 7.51. The number of benzene rings is 2. The number of hydrogen-bond donors (Lipinski definition) is 1. The van der Waals surface area contributed by atoms with Gasteiger partial charge in [-0.05, 0) is 24.3 Å². The number of hydrogen-bond acceptors (Lipinski definition) is 18. The van der Waals surface area contributed by atoms with E-state index >= 15 is 0 Å². The molecule has 2 aromatic carbocycles. The van der Waals surface area contributed by atoms with Crippen LogP contribution in [0, 0.1) is 0 Å². The maximum atomic E-state index is 12.3. The van der Waals surface area contributed by atoms with Gasteiger partial charge in [-0.3, -0.25) is 23.2 Å². The van der Waals surface area contributed by atoms with Crippen LogP contribution >= 0.6 is 24.6 Å². The summed E-state index contributed by atoms with van der Waals surface area (Å²) in [6.45, 7) is 5.01. The Kier molecular flexibility index (Phi) is 22.8. The number of nitrogens with zero attached hydrogens (tertiary/aromatic N) is 3. The molecule has 44 heavy (non-hydrogen) atoms. The largest absolute Gasteiger partial charge is 1.00 e. The van der Waals surface area contributed by atoms with E-state index in [0.717, 1.165) is 5.41 Å². The zero-order valence-corrected chi connectivity index (χ0v) is 30.8. The molecule has 0 saturated heterocycles. The third-order valence-electron chi connectivity index (χ3n) is 5.01. The van der Waals surface area contributed by atoms with Gasteiger partial charge in [0.1, 0.15) is 22.9 Å². The first-order chi connectivity index (χ1) is 20.2. The quantitative estimate of drug-likeness (QED) is 0.0354. The van der Waals surface area contributed by atoms with Gasteiger partial charge in [-0.1, -0.05) is 6.58 Å². The molecule has 0 aliphatic rings. The molecule has 0 aliphatic heterocycles. The molecule has 0 spiro atoms. The first kappa shape index (κ1) is 43.0. The van der Waals surface area contributed by atoms with Crippen molar-refractivity contribution in [3.63, 3.8) is 0 Å². The number of sulfone groups is 1. The van der Waals surface area contributed by atoms with E-state index in [1.165, 1.54) is 45.4 Å². The molecule has 2 rings (SSSR count). The fourth-order valence-corrected chi connectivity index (χ4v) is 4.38. The van der Waals surface area contributed by atoms with Crippen LogP contribution in [0.2, 0.25) is 0 Å². The van der Waals surface area contributed by atoms with Crippen LogP contribution in [0.15, 0.2) is 57.4 Å². The van der Waals surface area contributed by atoms with Crippen molar-refractivity contribution >= 4 is 63.1 Å². The molecule has 0 radical (unpaired) electrons. The standard InChI is InChI=1S/C22H28N4O13S3.2Na/c1-5-42(30,31)16-6-7-21(32-3)19(12-16)25-24-18-14-22(33-4)20(13-17(18)23-15(2)27)26(8-10-34-40-38-36-28)9-11-35-41-39-37-29;;/h5-7,12-14,28-29H,1,8-11H2,2-4H3,(H,23,27);;/q;2*+1/p-2. The van der Waals surface area contributed by atoms with Gasteiger partial charge in [-0.25, -0.2) is 8.42 Å². The molecule has 22 heteroatoms. The number of nitrogens with one attached hydrogen (secondary N) is 1. The SMILES string of the molecule is C=CS(=O)(=O)c1ccc(OC)c(N=Nc2cc(OC)c(N(CCOSOO[O-])CCOSOO[O-])cc2NC(C)=O)c1.[Na+].[Na+]. The van der Waals surface area contributed by atoms with Crippen molar-refractivity contribution < 1.29 is 119 Å². The molecule has 1 amide bonds. The summed E-state index contributed by atoms with van der Waals surface area (Å²) in [4.78, 5) is 13.7. The third-order valence-corrected chi connectivity index (χ3v) is 7.11. The molecule has 17 nitrogen and oxygen atoms in total. The van der Waals surface area contributed by atoms with Crippen molar-refractivity contribution in [3.8, 4) is 11.5 Å². The Bertz CT molecular complexity index is 1310. The Balaban J connectivity index is 0.00000924. The second kappa shape index (κ2) is 23.3. The molecule has 0 heterocycles.